The lowest BCUT2D eigenvalue weighted by Crippen LogP contribution is -2.34. The average molecular weight is 248 g/mol. The molecule has 0 spiro atoms. The van der Waals surface area contributed by atoms with Gasteiger partial charge in [-0.2, -0.15) is 0 Å². The largest absolute Gasteiger partial charge is 0.341 e. The fraction of sp³-hybridized carbons (Fsp3) is 0.714. The Morgan fingerprint density at radius 2 is 1.94 bits per heavy atom. The van der Waals surface area contributed by atoms with Gasteiger partial charge in [0.05, 0.1) is 0 Å². The lowest BCUT2D eigenvalue weighted by atomic mass is 9.93. The Bertz CT molecular complexity index is 341. The predicted molar refractivity (Wildman–Crippen MR) is 74.6 cm³/mol. The second-order valence-corrected chi connectivity index (χ2v) is 5.14. The van der Waals surface area contributed by atoms with Crippen molar-refractivity contribution >= 4 is 5.95 Å². The van der Waals surface area contributed by atoms with Gasteiger partial charge in [-0.15, -0.1) is 0 Å². The van der Waals surface area contributed by atoms with Crippen molar-refractivity contribution in [2.24, 2.45) is 5.92 Å². The van der Waals surface area contributed by atoms with Crippen LogP contribution < -0.4 is 10.2 Å². The van der Waals surface area contributed by atoms with Crippen LogP contribution in [-0.4, -0.2) is 30.1 Å². The normalized spacial score (nSPS) is 17.1. The van der Waals surface area contributed by atoms with E-state index in [1.54, 1.807) is 0 Å². The predicted octanol–water partition coefficient (Wildman–Crippen LogP) is 2.21. The summed E-state index contributed by atoms with van der Waals surface area (Å²) in [5, 5.41) is 3.11. The van der Waals surface area contributed by atoms with Gasteiger partial charge in [-0.05, 0) is 25.8 Å². The summed E-state index contributed by atoms with van der Waals surface area (Å²) >= 11 is 0. The molecule has 2 rings (SSSR count). The van der Waals surface area contributed by atoms with E-state index in [9.17, 15) is 0 Å². The zero-order valence-electron chi connectivity index (χ0n) is 11.5. The molecule has 0 bridgehead atoms. The van der Waals surface area contributed by atoms with Crippen LogP contribution in [0.2, 0.25) is 0 Å². The molecule has 0 aliphatic carbocycles. The van der Waals surface area contributed by atoms with Crippen molar-refractivity contribution in [1.82, 2.24) is 15.3 Å². The maximum absolute atomic E-state index is 4.47. The topological polar surface area (TPSA) is 41.1 Å². The van der Waals surface area contributed by atoms with E-state index >= 15 is 0 Å². The molecule has 0 amide bonds. The Hall–Kier alpha value is -1.16. The Labute approximate surface area is 110 Å². The van der Waals surface area contributed by atoms with Crippen molar-refractivity contribution < 1.29 is 0 Å². The average Bonchev–Trinajstić information content (AvgIpc) is 2.41. The van der Waals surface area contributed by atoms with Gasteiger partial charge in [0.2, 0.25) is 5.95 Å². The fourth-order valence-corrected chi connectivity index (χ4v) is 2.64. The Morgan fingerprint density at radius 1 is 1.28 bits per heavy atom. The van der Waals surface area contributed by atoms with E-state index in [2.05, 4.69) is 27.1 Å². The molecule has 4 heteroatoms. The SMILES string of the molecule is CCCC1CCN(c2ncc(CNC)cn2)CC1. The highest BCUT2D eigenvalue weighted by Crippen LogP contribution is 2.23. The third kappa shape index (κ3) is 3.42. The van der Waals surface area contributed by atoms with Crippen LogP contribution >= 0.6 is 0 Å². The maximum Gasteiger partial charge on any atom is 0.225 e. The van der Waals surface area contributed by atoms with Gasteiger partial charge in [-0.25, -0.2) is 9.97 Å². The quantitative estimate of drug-likeness (QED) is 0.867. The molecule has 2 heterocycles. The van der Waals surface area contributed by atoms with E-state index in [1.165, 1.54) is 25.7 Å². The van der Waals surface area contributed by atoms with Gasteiger partial charge in [-0.1, -0.05) is 19.8 Å². The van der Waals surface area contributed by atoms with Crippen LogP contribution in [0.5, 0.6) is 0 Å². The zero-order chi connectivity index (χ0) is 12.8. The van der Waals surface area contributed by atoms with Crippen molar-refractivity contribution in [3.63, 3.8) is 0 Å². The number of hydrogen-bond donors (Lipinski definition) is 1. The van der Waals surface area contributed by atoms with Crippen molar-refractivity contribution in [3.05, 3.63) is 18.0 Å². The molecular formula is C14H24N4. The van der Waals surface area contributed by atoms with Gasteiger partial charge in [0, 0.05) is 37.6 Å². The van der Waals surface area contributed by atoms with Gasteiger partial charge in [0.1, 0.15) is 0 Å². The van der Waals surface area contributed by atoms with E-state index < -0.39 is 0 Å². The van der Waals surface area contributed by atoms with E-state index in [-0.39, 0.29) is 0 Å². The summed E-state index contributed by atoms with van der Waals surface area (Å²) in [6, 6.07) is 0. The third-order valence-electron chi connectivity index (χ3n) is 3.67. The molecule has 1 aromatic heterocycles. The molecule has 100 valence electrons. The summed E-state index contributed by atoms with van der Waals surface area (Å²) in [7, 11) is 1.94. The Kier molecular flexibility index (Phi) is 4.93. The first-order valence-electron chi connectivity index (χ1n) is 7.04. The molecule has 0 radical (unpaired) electrons. The molecule has 1 aliphatic heterocycles. The van der Waals surface area contributed by atoms with Gasteiger partial charge < -0.3 is 10.2 Å². The summed E-state index contributed by atoms with van der Waals surface area (Å²) in [5.41, 5.74) is 1.14. The van der Waals surface area contributed by atoms with Gasteiger partial charge in [-0.3, -0.25) is 0 Å². The van der Waals surface area contributed by atoms with Crippen LogP contribution in [0.15, 0.2) is 12.4 Å². The lowest BCUT2D eigenvalue weighted by Gasteiger charge is -2.31. The van der Waals surface area contributed by atoms with Crippen molar-refractivity contribution in [2.75, 3.05) is 25.0 Å². The first kappa shape index (κ1) is 13.3. The van der Waals surface area contributed by atoms with E-state index in [0.29, 0.717) is 0 Å². The minimum Gasteiger partial charge on any atom is -0.341 e. The molecule has 0 unspecified atom stereocenters. The standard InChI is InChI=1S/C14H24N4/c1-3-4-12-5-7-18(8-6-12)14-16-10-13(9-15-2)11-17-14/h10-12,15H,3-9H2,1-2H3. The Balaban J connectivity index is 1.89. The second kappa shape index (κ2) is 6.69. The van der Waals surface area contributed by atoms with Crippen LogP contribution in [0.25, 0.3) is 0 Å². The van der Waals surface area contributed by atoms with Crippen molar-refractivity contribution in [3.8, 4) is 0 Å². The van der Waals surface area contributed by atoms with E-state index in [1.807, 2.05) is 19.4 Å². The van der Waals surface area contributed by atoms with Gasteiger partial charge in [0.25, 0.3) is 0 Å². The number of anilines is 1. The smallest absolute Gasteiger partial charge is 0.225 e. The molecule has 0 aromatic carbocycles. The maximum atomic E-state index is 4.47. The molecular weight excluding hydrogens is 224 g/mol. The Morgan fingerprint density at radius 3 is 2.50 bits per heavy atom. The lowest BCUT2D eigenvalue weighted by molar-refractivity contribution is 0.376. The summed E-state index contributed by atoms with van der Waals surface area (Å²) in [4.78, 5) is 11.2. The molecule has 18 heavy (non-hydrogen) atoms. The molecule has 1 aliphatic rings. The van der Waals surface area contributed by atoms with Crippen LogP contribution in [0.4, 0.5) is 5.95 Å². The van der Waals surface area contributed by atoms with Crippen molar-refractivity contribution in [1.29, 1.82) is 0 Å². The van der Waals surface area contributed by atoms with Crippen molar-refractivity contribution in [2.45, 2.75) is 39.2 Å². The highest BCUT2D eigenvalue weighted by molar-refractivity contribution is 5.30. The minimum atomic E-state index is 0.832. The number of piperidine rings is 1. The molecule has 4 nitrogen and oxygen atoms in total. The fourth-order valence-electron chi connectivity index (χ4n) is 2.64. The highest BCUT2D eigenvalue weighted by Gasteiger charge is 2.19. The van der Waals surface area contributed by atoms with Gasteiger partial charge in [0.15, 0.2) is 0 Å². The molecule has 1 aromatic rings. The van der Waals surface area contributed by atoms with E-state index in [0.717, 1.165) is 37.1 Å². The summed E-state index contributed by atoms with van der Waals surface area (Å²) in [6.45, 7) is 5.32. The number of aromatic nitrogens is 2. The van der Waals surface area contributed by atoms with Crippen LogP contribution in [-0.2, 0) is 6.54 Å². The second-order valence-electron chi connectivity index (χ2n) is 5.14. The molecule has 0 atom stereocenters. The molecule has 1 fully saturated rings. The number of nitrogens with one attached hydrogen (secondary N) is 1. The molecule has 1 saturated heterocycles. The first-order valence-corrected chi connectivity index (χ1v) is 7.04. The van der Waals surface area contributed by atoms with Crippen LogP contribution in [0.1, 0.15) is 38.2 Å². The monoisotopic (exact) mass is 248 g/mol. The first-order chi connectivity index (χ1) is 8.83. The van der Waals surface area contributed by atoms with E-state index in [4.69, 9.17) is 0 Å². The summed E-state index contributed by atoms with van der Waals surface area (Å²) in [5.74, 6) is 1.81. The minimum absolute atomic E-state index is 0.832. The number of hydrogen-bond acceptors (Lipinski definition) is 4. The summed E-state index contributed by atoms with van der Waals surface area (Å²) < 4.78 is 0. The zero-order valence-corrected chi connectivity index (χ0v) is 11.5. The molecule has 1 N–H and O–H groups in total. The third-order valence-corrected chi connectivity index (χ3v) is 3.67. The van der Waals surface area contributed by atoms with Gasteiger partial charge >= 0.3 is 0 Å². The summed E-state index contributed by atoms with van der Waals surface area (Å²) in [6.07, 6.45) is 9.11. The number of rotatable bonds is 5. The van der Waals surface area contributed by atoms with Crippen LogP contribution in [0.3, 0.4) is 0 Å². The highest BCUT2D eigenvalue weighted by atomic mass is 15.2. The number of nitrogens with zero attached hydrogens (tertiary/aromatic N) is 3. The van der Waals surface area contributed by atoms with Crippen LogP contribution in [0, 0.1) is 5.92 Å². The molecule has 0 saturated carbocycles.